The molecule has 0 aromatic heterocycles. The number of para-hydroxylation sites is 1. The van der Waals surface area contributed by atoms with Crippen molar-refractivity contribution in [1.29, 1.82) is 0 Å². The number of nitrogens with zero attached hydrogens (tertiary/aromatic N) is 1. The molecule has 0 aliphatic carbocycles. The second-order valence-corrected chi connectivity index (χ2v) is 5.24. The Labute approximate surface area is 111 Å². The van der Waals surface area contributed by atoms with Crippen molar-refractivity contribution in [2.24, 2.45) is 0 Å². The van der Waals surface area contributed by atoms with Crippen molar-refractivity contribution in [1.82, 2.24) is 5.32 Å². The first kappa shape index (κ1) is 12.9. The summed E-state index contributed by atoms with van der Waals surface area (Å²) in [6.07, 6.45) is 1.11. The molecule has 1 N–H and O–H groups in total. The van der Waals surface area contributed by atoms with Gasteiger partial charge in [0.2, 0.25) is 0 Å². The number of hydrogen-bond acceptors (Lipinski definition) is 3. The number of hydrogen-bond donors (Lipinski definition) is 1. The maximum atomic E-state index is 5.45. The molecule has 1 unspecified atom stereocenters. The van der Waals surface area contributed by atoms with E-state index in [-0.39, 0.29) is 0 Å². The van der Waals surface area contributed by atoms with Crippen LogP contribution in [0.5, 0.6) is 0 Å². The van der Waals surface area contributed by atoms with E-state index in [2.05, 4.69) is 51.4 Å². The Morgan fingerprint density at radius 3 is 3.00 bits per heavy atom. The zero-order chi connectivity index (χ0) is 12.1. The van der Waals surface area contributed by atoms with Gasteiger partial charge in [0, 0.05) is 30.7 Å². The zero-order valence-electron chi connectivity index (χ0n) is 10.2. The summed E-state index contributed by atoms with van der Waals surface area (Å²) in [5.74, 6) is 0. The predicted molar refractivity (Wildman–Crippen MR) is 74.6 cm³/mol. The molecule has 17 heavy (non-hydrogen) atoms. The molecule has 1 fully saturated rings. The topological polar surface area (TPSA) is 24.5 Å². The van der Waals surface area contributed by atoms with Crippen molar-refractivity contribution in [2.45, 2.75) is 12.5 Å². The van der Waals surface area contributed by atoms with Crippen LogP contribution in [0.3, 0.4) is 0 Å². The minimum atomic E-state index is 0.494. The number of nitrogens with one attached hydrogen (secondary N) is 1. The summed E-state index contributed by atoms with van der Waals surface area (Å²) in [6.45, 7) is 3.69. The van der Waals surface area contributed by atoms with Crippen molar-refractivity contribution >= 4 is 21.6 Å². The van der Waals surface area contributed by atoms with Crippen LogP contribution in [0.2, 0.25) is 0 Å². The largest absolute Gasteiger partial charge is 0.379 e. The lowest BCUT2D eigenvalue weighted by atomic mass is 10.2. The summed E-state index contributed by atoms with van der Waals surface area (Å²) in [5.41, 5.74) is 1.24. The van der Waals surface area contributed by atoms with E-state index in [0.29, 0.717) is 6.04 Å². The van der Waals surface area contributed by atoms with E-state index < -0.39 is 0 Å². The Morgan fingerprint density at radius 1 is 1.47 bits per heavy atom. The molecule has 2 rings (SSSR count). The molecule has 0 spiro atoms. The number of ether oxygens (including phenoxy) is 1. The van der Waals surface area contributed by atoms with Gasteiger partial charge in [0.15, 0.2) is 0 Å². The average Bonchev–Trinajstić information content (AvgIpc) is 2.38. The number of benzene rings is 1. The van der Waals surface area contributed by atoms with E-state index in [1.165, 1.54) is 5.69 Å². The van der Waals surface area contributed by atoms with Crippen LogP contribution in [0, 0.1) is 0 Å². The third-order valence-electron chi connectivity index (χ3n) is 3.08. The third kappa shape index (κ3) is 3.69. The molecule has 0 saturated carbocycles. The number of anilines is 1. The van der Waals surface area contributed by atoms with Crippen molar-refractivity contribution in [2.75, 3.05) is 38.3 Å². The lowest BCUT2D eigenvalue weighted by Crippen LogP contribution is -2.42. The van der Waals surface area contributed by atoms with E-state index in [9.17, 15) is 0 Å². The van der Waals surface area contributed by atoms with Gasteiger partial charge >= 0.3 is 0 Å². The summed E-state index contributed by atoms with van der Waals surface area (Å²) >= 11 is 3.58. The lowest BCUT2D eigenvalue weighted by Gasteiger charge is -2.27. The van der Waals surface area contributed by atoms with Gasteiger partial charge < -0.3 is 15.0 Å². The first-order valence-electron chi connectivity index (χ1n) is 6.04. The Balaban J connectivity index is 1.84. The number of halogens is 1. The summed E-state index contributed by atoms with van der Waals surface area (Å²) < 4.78 is 6.60. The number of rotatable bonds is 4. The monoisotopic (exact) mass is 298 g/mol. The van der Waals surface area contributed by atoms with Gasteiger partial charge in [0.05, 0.1) is 18.9 Å². The molecule has 1 atom stereocenters. The van der Waals surface area contributed by atoms with Crippen molar-refractivity contribution in [3.8, 4) is 0 Å². The fourth-order valence-corrected chi connectivity index (χ4v) is 2.62. The molecule has 94 valence electrons. The van der Waals surface area contributed by atoms with E-state index in [1.54, 1.807) is 0 Å². The van der Waals surface area contributed by atoms with E-state index in [0.717, 1.165) is 37.2 Å². The van der Waals surface area contributed by atoms with Crippen LogP contribution in [-0.4, -0.2) is 39.4 Å². The highest BCUT2D eigenvalue weighted by Gasteiger charge is 2.14. The minimum absolute atomic E-state index is 0.494. The Bertz CT molecular complexity index is 353. The van der Waals surface area contributed by atoms with Crippen molar-refractivity contribution in [3.05, 3.63) is 28.7 Å². The fourth-order valence-electron chi connectivity index (χ4n) is 2.04. The lowest BCUT2D eigenvalue weighted by molar-refractivity contribution is 0.0749. The fraction of sp³-hybridized carbons (Fsp3) is 0.538. The normalized spacial score (nSPS) is 20.2. The second kappa shape index (κ2) is 6.38. The van der Waals surface area contributed by atoms with Gasteiger partial charge in [-0.2, -0.15) is 0 Å². The summed E-state index contributed by atoms with van der Waals surface area (Å²) in [7, 11) is 2.13. The smallest absolute Gasteiger partial charge is 0.0620 e. The van der Waals surface area contributed by atoms with Crippen LogP contribution in [0.25, 0.3) is 0 Å². The first-order chi connectivity index (χ1) is 8.27. The molecule has 0 radical (unpaired) electrons. The van der Waals surface area contributed by atoms with E-state index >= 15 is 0 Å². The number of morpholine rings is 1. The molecule has 1 heterocycles. The summed E-state index contributed by atoms with van der Waals surface area (Å²) in [6, 6.07) is 8.81. The molecule has 1 saturated heterocycles. The molecule has 3 nitrogen and oxygen atoms in total. The molecule has 4 heteroatoms. The highest BCUT2D eigenvalue weighted by atomic mass is 79.9. The van der Waals surface area contributed by atoms with Gasteiger partial charge in [0.1, 0.15) is 0 Å². The van der Waals surface area contributed by atoms with Gasteiger partial charge in [-0.15, -0.1) is 0 Å². The third-order valence-corrected chi connectivity index (χ3v) is 3.75. The Hall–Kier alpha value is -0.580. The van der Waals surface area contributed by atoms with Gasteiger partial charge in [-0.05, 0) is 34.5 Å². The van der Waals surface area contributed by atoms with Crippen molar-refractivity contribution in [3.63, 3.8) is 0 Å². The molecule has 1 aromatic rings. The van der Waals surface area contributed by atoms with Gasteiger partial charge in [-0.1, -0.05) is 12.1 Å². The van der Waals surface area contributed by atoms with E-state index in [4.69, 9.17) is 4.74 Å². The second-order valence-electron chi connectivity index (χ2n) is 4.39. The predicted octanol–water partition coefficient (Wildman–Crippen LogP) is 2.26. The van der Waals surface area contributed by atoms with Crippen LogP contribution in [0.4, 0.5) is 5.69 Å². The molecule has 0 amide bonds. The molecule has 0 bridgehead atoms. The summed E-state index contributed by atoms with van der Waals surface area (Å²) in [4.78, 5) is 2.28. The first-order valence-corrected chi connectivity index (χ1v) is 6.83. The molecular formula is C13H19BrN2O. The summed E-state index contributed by atoms with van der Waals surface area (Å²) in [5, 5.41) is 3.48. The standard InChI is InChI=1S/C13H19BrN2O/c1-16(13-5-3-2-4-12(13)14)8-6-11-10-17-9-7-15-11/h2-5,11,15H,6-10H2,1H3. The minimum Gasteiger partial charge on any atom is -0.379 e. The molecule has 1 aromatic carbocycles. The Kier molecular flexibility index (Phi) is 4.83. The van der Waals surface area contributed by atoms with Gasteiger partial charge in [0.25, 0.3) is 0 Å². The SMILES string of the molecule is CN(CCC1COCCN1)c1ccccc1Br. The van der Waals surface area contributed by atoms with Crippen molar-refractivity contribution < 1.29 is 4.74 Å². The molecule has 1 aliphatic rings. The quantitative estimate of drug-likeness (QED) is 0.923. The Morgan fingerprint density at radius 2 is 2.29 bits per heavy atom. The van der Waals surface area contributed by atoms with Crippen LogP contribution in [0.1, 0.15) is 6.42 Å². The van der Waals surface area contributed by atoms with Crippen LogP contribution in [0.15, 0.2) is 28.7 Å². The maximum absolute atomic E-state index is 5.45. The molecule has 1 aliphatic heterocycles. The zero-order valence-corrected chi connectivity index (χ0v) is 11.7. The van der Waals surface area contributed by atoms with Crippen LogP contribution < -0.4 is 10.2 Å². The maximum Gasteiger partial charge on any atom is 0.0620 e. The van der Waals surface area contributed by atoms with Crippen LogP contribution in [-0.2, 0) is 4.74 Å². The average molecular weight is 299 g/mol. The molecular weight excluding hydrogens is 280 g/mol. The van der Waals surface area contributed by atoms with Gasteiger partial charge in [-0.25, -0.2) is 0 Å². The van der Waals surface area contributed by atoms with Gasteiger partial charge in [-0.3, -0.25) is 0 Å². The highest BCUT2D eigenvalue weighted by Crippen LogP contribution is 2.24. The van der Waals surface area contributed by atoms with E-state index in [1.807, 2.05) is 6.07 Å². The van der Waals surface area contributed by atoms with Crippen LogP contribution >= 0.6 is 15.9 Å². The highest BCUT2D eigenvalue weighted by molar-refractivity contribution is 9.10.